The molecule has 0 bridgehead atoms. The molecule has 0 aliphatic carbocycles. The van der Waals surface area contributed by atoms with Crippen LogP contribution in [0.5, 0.6) is 0 Å². The Morgan fingerprint density at radius 2 is 1.12 bits per heavy atom. The number of aliphatic carboxylic acids is 1. The molecule has 0 aliphatic heterocycles. The molecule has 4 aromatic carbocycles. The minimum Gasteiger partial charge on any atom is -0.475 e. The molecular formula is C28H33B2F3O9. The van der Waals surface area contributed by atoms with E-state index in [-0.39, 0.29) is 13.4 Å². The number of hydrogen-bond donors (Lipinski definition) is 4. The summed E-state index contributed by atoms with van der Waals surface area (Å²) in [5, 5.41) is 38.7. The number of rotatable bonds is 7. The number of carboxylic acids is 1. The fourth-order valence-electron chi connectivity index (χ4n) is 3.60. The van der Waals surface area contributed by atoms with E-state index in [1.165, 1.54) is 26.7 Å². The fourth-order valence-corrected chi connectivity index (χ4v) is 3.60. The van der Waals surface area contributed by atoms with E-state index in [0.717, 1.165) is 21.6 Å². The van der Waals surface area contributed by atoms with Gasteiger partial charge in [0, 0.05) is 28.4 Å². The Morgan fingerprint density at radius 3 is 1.45 bits per heavy atom. The summed E-state index contributed by atoms with van der Waals surface area (Å²) in [5.74, 6) is -2.76. The van der Waals surface area contributed by atoms with Gasteiger partial charge in [-0.05, 0) is 32.5 Å². The second-order valence-corrected chi connectivity index (χ2v) is 8.22. The van der Waals surface area contributed by atoms with E-state index in [1.807, 2.05) is 66.7 Å². The second kappa shape index (κ2) is 18.8. The van der Waals surface area contributed by atoms with Crippen molar-refractivity contribution in [2.45, 2.75) is 12.7 Å². The van der Waals surface area contributed by atoms with Gasteiger partial charge in [0.05, 0.1) is 6.51 Å². The molecule has 0 radical (unpaired) electrons. The van der Waals surface area contributed by atoms with Crippen LogP contribution < -0.4 is 10.9 Å². The van der Waals surface area contributed by atoms with Gasteiger partial charge >= 0.3 is 26.2 Å². The highest BCUT2D eigenvalue weighted by Crippen LogP contribution is 2.13. The van der Waals surface area contributed by atoms with E-state index in [4.69, 9.17) is 24.6 Å². The number of aliphatic hydroxyl groups is 1. The zero-order valence-corrected chi connectivity index (χ0v) is 23.5. The summed E-state index contributed by atoms with van der Waals surface area (Å²) in [5.41, 5.74) is 1.59. The summed E-state index contributed by atoms with van der Waals surface area (Å²) >= 11 is 0. The van der Waals surface area contributed by atoms with Crippen LogP contribution in [0.15, 0.2) is 84.9 Å². The zero-order chi connectivity index (χ0) is 31.7. The number of benzene rings is 4. The number of aliphatic hydroxyl groups excluding tert-OH is 1. The Hall–Kier alpha value is -3.49. The molecule has 4 N–H and O–H groups in total. The van der Waals surface area contributed by atoms with Crippen molar-refractivity contribution >= 4 is 52.5 Å². The number of fused-ring (bicyclic) bond motifs is 2. The van der Waals surface area contributed by atoms with Gasteiger partial charge < -0.3 is 39.1 Å². The molecule has 0 saturated carbocycles. The smallest absolute Gasteiger partial charge is 0.475 e. The van der Waals surface area contributed by atoms with E-state index >= 15 is 0 Å². The van der Waals surface area contributed by atoms with E-state index < -0.39 is 25.7 Å². The second-order valence-electron chi connectivity index (χ2n) is 8.22. The first-order valence-electron chi connectivity index (χ1n) is 12.3. The number of hydrogen-bond acceptors (Lipinski definition) is 8. The topological polar surface area (TPSA) is 135 Å². The molecule has 0 aromatic heterocycles. The van der Waals surface area contributed by atoms with Crippen molar-refractivity contribution in [1.29, 1.82) is 0 Å². The Bertz CT molecular complexity index is 1330. The van der Waals surface area contributed by atoms with E-state index in [1.54, 1.807) is 13.2 Å². The van der Waals surface area contributed by atoms with Crippen LogP contribution in [0.1, 0.15) is 0 Å². The van der Waals surface area contributed by atoms with Gasteiger partial charge in [-0.25, -0.2) is 4.79 Å². The van der Waals surface area contributed by atoms with Crippen molar-refractivity contribution in [3.05, 3.63) is 84.9 Å². The van der Waals surface area contributed by atoms with Crippen LogP contribution in [0.25, 0.3) is 21.5 Å². The van der Waals surface area contributed by atoms with Crippen molar-refractivity contribution in [1.82, 2.24) is 0 Å². The summed E-state index contributed by atoms with van der Waals surface area (Å²) in [6.45, 7) is -0.749. The maximum atomic E-state index is 10.6. The first kappa shape index (κ1) is 36.5. The Kier molecular flexibility index (Phi) is 16.4. The molecule has 9 nitrogen and oxygen atoms in total. The van der Waals surface area contributed by atoms with Crippen molar-refractivity contribution in [2.24, 2.45) is 0 Å². The molecule has 0 fully saturated rings. The number of halogens is 3. The standard InChI is InChI=1S/C12H13BO2.C10H9BO2.C4H10O3.C2HF3O2/c1-15-13(9-14)12-8-4-6-10-5-2-3-7-11(10)12;12-11(13)10-7-3-5-8-4-1-2-6-9(8)10;1-5-4(6-2)7-3;3-2(4,5)1(6)7/h2-8,14H,9H2,1H3;1-7,12-13H;4H,1-3H3;(H,6,7). The summed E-state index contributed by atoms with van der Waals surface area (Å²) < 4.78 is 50.8. The van der Waals surface area contributed by atoms with Crippen LogP contribution in [0, 0.1) is 0 Å². The summed E-state index contributed by atoms with van der Waals surface area (Å²) in [6.07, 6.45) is -5.08. The highest BCUT2D eigenvalue weighted by molar-refractivity contribution is 6.69. The maximum Gasteiger partial charge on any atom is 0.490 e. The van der Waals surface area contributed by atoms with Gasteiger partial charge in [0.1, 0.15) is 0 Å². The summed E-state index contributed by atoms with van der Waals surface area (Å²) in [7, 11) is 4.75. The third-order valence-electron chi connectivity index (χ3n) is 5.54. The lowest BCUT2D eigenvalue weighted by Crippen LogP contribution is -2.37. The Labute approximate surface area is 242 Å². The largest absolute Gasteiger partial charge is 0.490 e. The molecule has 14 heteroatoms. The van der Waals surface area contributed by atoms with Gasteiger partial charge in [0.25, 0.3) is 6.48 Å². The van der Waals surface area contributed by atoms with Crippen LogP contribution in [-0.4, -0.2) is 87.9 Å². The first-order chi connectivity index (χ1) is 19.9. The molecule has 0 heterocycles. The highest BCUT2D eigenvalue weighted by Gasteiger charge is 2.38. The van der Waals surface area contributed by atoms with Crippen molar-refractivity contribution in [2.75, 3.05) is 34.9 Å². The average Bonchev–Trinajstić information content (AvgIpc) is 2.99. The van der Waals surface area contributed by atoms with Gasteiger partial charge in [0.15, 0.2) is 0 Å². The van der Waals surface area contributed by atoms with Crippen LogP contribution in [-0.2, 0) is 23.7 Å². The van der Waals surface area contributed by atoms with Crippen molar-refractivity contribution in [3.63, 3.8) is 0 Å². The molecule has 226 valence electrons. The molecule has 0 amide bonds. The third-order valence-corrected chi connectivity index (χ3v) is 5.54. The third kappa shape index (κ3) is 11.8. The van der Waals surface area contributed by atoms with E-state index in [2.05, 4.69) is 26.3 Å². The Balaban J connectivity index is 0.000000298. The molecule has 0 spiro atoms. The molecule has 42 heavy (non-hydrogen) atoms. The molecular weight excluding hydrogens is 559 g/mol. The number of methoxy groups -OCH3 is 3. The summed E-state index contributed by atoms with van der Waals surface area (Å²) in [4.78, 5) is 8.90. The molecule has 0 unspecified atom stereocenters. The predicted octanol–water partition coefficient (Wildman–Crippen LogP) is 2.58. The van der Waals surface area contributed by atoms with Crippen LogP contribution in [0.4, 0.5) is 13.2 Å². The van der Waals surface area contributed by atoms with E-state index in [0.29, 0.717) is 5.46 Å². The maximum absolute atomic E-state index is 10.6. The van der Waals surface area contributed by atoms with Crippen molar-refractivity contribution in [3.8, 4) is 0 Å². The number of alkyl halides is 3. The molecule has 0 aliphatic rings. The van der Waals surface area contributed by atoms with Gasteiger partial charge in [-0.2, -0.15) is 13.2 Å². The van der Waals surface area contributed by atoms with Gasteiger partial charge in [0.2, 0.25) is 0 Å². The van der Waals surface area contributed by atoms with Crippen LogP contribution in [0.2, 0.25) is 0 Å². The monoisotopic (exact) mass is 592 g/mol. The minimum atomic E-state index is -5.08. The van der Waals surface area contributed by atoms with Crippen molar-refractivity contribution < 1.29 is 57.1 Å². The quantitative estimate of drug-likeness (QED) is 0.189. The SMILES string of the molecule is COB(CO)c1cccc2ccccc12.COC(OC)OC.O=C(O)C(F)(F)F.OB(O)c1cccc2ccccc12. The molecule has 4 aromatic rings. The van der Waals surface area contributed by atoms with E-state index in [9.17, 15) is 18.3 Å². The molecule has 0 atom stereocenters. The Morgan fingerprint density at radius 1 is 0.738 bits per heavy atom. The fraction of sp³-hybridized carbons (Fsp3) is 0.250. The minimum absolute atomic E-state index is 0.00447. The number of ether oxygens (including phenoxy) is 3. The molecule has 4 rings (SSSR count). The van der Waals surface area contributed by atoms with Gasteiger partial charge in [-0.1, -0.05) is 84.9 Å². The normalized spacial score (nSPS) is 10.5. The van der Waals surface area contributed by atoms with Crippen LogP contribution >= 0.6 is 0 Å². The predicted molar refractivity (Wildman–Crippen MR) is 156 cm³/mol. The van der Waals surface area contributed by atoms with Gasteiger partial charge in [-0.15, -0.1) is 0 Å². The molecule has 0 saturated heterocycles. The number of carbonyl (C=O) groups is 1. The number of carboxylic acid groups (broad SMARTS) is 1. The van der Waals surface area contributed by atoms with Crippen LogP contribution in [0.3, 0.4) is 0 Å². The lowest BCUT2D eigenvalue weighted by molar-refractivity contribution is -0.252. The van der Waals surface area contributed by atoms with Gasteiger partial charge in [-0.3, -0.25) is 0 Å². The zero-order valence-electron chi connectivity index (χ0n) is 23.5. The highest BCUT2D eigenvalue weighted by atomic mass is 19.4. The summed E-state index contributed by atoms with van der Waals surface area (Å²) in [6, 6.07) is 27.3. The lowest BCUT2D eigenvalue weighted by Gasteiger charge is -2.11. The first-order valence-corrected chi connectivity index (χ1v) is 12.3. The average molecular weight is 592 g/mol. The lowest BCUT2D eigenvalue weighted by atomic mass is 9.60.